The molecule has 0 saturated heterocycles. The Morgan fingerprint density at radius 2 is 1.89 bits per heavy atom. The van der Waals surface area contributed by atoms with E-state index in [1.54, 1.807) is 26.3 Å². The van der Waals surface area contributed by atoms with Crippen LogP contribution < -0.4 is 0 Å². The van der Waals surface area contributed by atoms with Crippen molar-refractivity contribution in [2.75, 3.05) is 26.7 Å². The quantitative estimate of drug-likeness (QED) is 0.237. The first-order chi connectivity index (χ1) is 16.8. The minimum Gasteiger partial charge on any atom is -0.376 e. The fraction of sp³-hybridized carbons (Fsp3) is 0.517. The van der Waals surface area contributed by atoms with Crippen molar-refractivity contribution in [1.29, 1.82) is 5.41 Å². The highest BCUT2D eigenvalue weighted by molar-refractivity contribution is 6.31. The first kappa shape index (κ1) is 27.5. The second kappa shape index (κ2) is 12.8. The zero-order valence-electron chi connectivity index (χ0n) is 21.8. The monoisotopic (exact) mass is 499 g/mol. The summed E-state index contributed by atoms with van der Waals surface area (Å²) in [6.45, 7) is 11.4. The van der Waals surface area contributed by atoms with Crippen LogP contribution in [0, 0.1) is 18.3 Å². The Morgan fingerprint density at radius 3 is 2.49 bits per heavy atom. The smallest absolute Gasteiger partial charge is 0.129 e. The molecule has 0 spiro atoms. The Morgan fingerprint density at radius 1 is 1.17 bits per heavy atom. The maximum Gasteiger partial charge on any atom is 0.129 e. The molecule has 0 bridgehead atoms. The highest BCUT2D eigenvalue weighted by Gasteiger charge is 2.35. The van der Waals surface area contributed by atoms with E-state index < -0.39 is 0 Å². The summed E-state index contributed by atoms with van der Waals surface area (Å²) in [5, 5.41) is 8.96. The zero-order valence-corrected chi connectivity index (χ0v) is 22.5. The molecule has 2 atom stereocenters. The van der Waals surface area contributed by atoms with Gasteiger partial charge in [0.25, 0.3) is 0 Å². The van der Waals surface area contributed by atoms with E-state index in [9.17, 15) is 0 Å². The third-order valence-corrected chi connectivity index (χ3v) is 7.24. The molecule has 3 rings (SSSR count). The predicted octanol–water partition coefficient (Wildman–Crippen LogP) is 8.02. The summed E-state index contributed by atoms with van der Waals surface area (Å²) in [5.41, 5.74) is 4.40. The number of rotatable bonds is 12. The van der Waals surface area contributed by atoms with Gasteiger partial charge in [0.05, 0.1) is 11.8 Å². The van der Waals surface area contributed by atoms with Gasteiger partial charge in [0.15, 0.2) is 0 Å². The molecule has 0 amide bonds. The lowest BCUT2D eigenvalue weighted by Gasteiger charge is -2.32. The number of nitrogens with zero attached hydrogens (tertiary/aromatic N) is 2. The molecule has 1 heterocycles. The van der Waals surface area contributed by atoms with Crippen LogP contribution in [0.15, 0.2) is 30.5 Å². The van der Waals surface area contributed by atoms with Crippen LogP contribution in [0.1, 0.15) is 81.2 Å². The number of fused-ring (bicyclic) bond motifs is 1. The lowest BCUT2D eigenvalue weighted by atomic mass is 9.79. The van der Waals surface area contributed by atoms with Crippen molar-refractivity contribution in [2.45, 2.75) is 65.9 Å². The third-order valence-electron chi connectivity index (χ3n) is 6.84. The largest absolute Gasteiger partial charge is 0.376 e. The molecule has 190 valence electrons. The maximum atomic E-state index is 15.8. The number of halogens is 2. The number of benzene rings is 1. The third kappa shape index (κ3) is 6.38. The van der Waals surface area contributed by atoms with Gasteiger partial charge >= 0.3 is 0 Å². The van der Waals surface area contributed by atoms with Gasteiger partial charge in [-0.1, -0.05) is 44.0 Å². The van der Waals surface area contributed by atoms with Crippen LogP contribution in [0.5, 0.6) is 0 Å². The van der Waals surface area contributed by atoms with Gasteiger partial charge in [-0.05, 0) is 76.9 Å². The molecular formula is C29H39ClFN3O. The lowest BCUT2D eigenvalue weighted by Crippen LogP contribution is -2.27. The average molecular weight is 500 g/mol. The molecule has 4 nitrogen and oxygen atoms in total. The molecular weight excluding hydrogens is 461 g/mol. The first-order valence-corrected chi connectivity index (χ1v) is 13.2. The minimum atomic E-state index is -0.329. The van der Waals surface area contributed by atoms with Gasteiger partial charge in [0.1, 0.15) is 5.83 Å². The molecule has 0 radical (unpaired) electrons. The standard InChI is InChI=1S/C29H39ClFN3O/c1-6-13-34(14-7-2)15-9-8-10-22-17-25(31)27-26(29(22)35-5)23(20(4)32)18-33-28(27)21-12-11-19(3)24(30)16-21/h11-12,16-18,22,29,32H,6-10,13-15H2,1-5H3. The number of aryl methyl sites for hydroxylation is 1. The number of hydrogen-bond acceptors (Lipinski definition) is 4. The van der Waals surface area contributed by atoms with Crippen LogP contribution in [0.2, 0.25) is 5.02 Å². The van der Waals surface area contributed by atoms with Crippen molar-refractivity contribution in [3.8, 4) is 11.3 Å². The topological polar surface area (TPSA) is 49.2 Å². The van der Waals surface area contributed by atoms with Crippen LogP contribution >= 0.6 is 11.6 Å². The zero-order chi connectivity index (χ0) is 25.5. The van der Waals surface area contributed by atoms with Gasteiger partial charge in [-0.2, -0.15) is 0 Å². The Bertz CT molecular complexity index is 1060. The number of nitrogens with one attached hydrogen (secondary N) is 1. The molecule has 1 aromatic carbocycles. The second-order valence-electron chi connectivity index (χ2n) is 9.57. The molecule has 6 heteroatoms. The fourth-order valence-electron chi connectivity index (χ4n) is 5.10. The average Bonchev–Trinajstić information content (AvgIpc) is 2.83. The number of methoxy groups -OCH3 is 1. The molecule has 1 N–H and O–H groups in total. The highest BCUT2D eigenvalue weighted by Crippen LogP contribution is 2.46. The minimum absolute atomic E-state index is 0.0896. The van der Waals surface area contributed by atoms with Gasteiger partial charge in [-0.15, -0.1) is 0 Å². The van der Waals surface area contributed by atoms with Gasteiger partial charge in [0.2, 0.25) is 0 Å². The molecule has 2 unspecified atom stereocenters. The van der Waals surface area contributed by atoms with Crippen LogP contribution in [0.4, 0.5) is 4.39 Å². The summed E-state index contributed by atoms with van der Waals surface area (Å²) in [5.74, 6) is -0.382. The van der Waals surface area contributed by atoms with E-state index in [1.807, 2.05) is 25.1 Å². The number of ether oxygens (including phenoxy) is 1. The molecule has 0 fully saturated rings. The van der Waals surface area contributed by atoms with E-state index in [-0.39, 0.29) is 17.8 Å². The van der Waals surface area contributed by atoms with E-state index >= 15 is 4.39 Å². The van der Waals surface area contributed by atoms with Crippen LogP contribution in [-0.4, -0.2) is 42.3 Å². The summed E-state index contributed by atoms with van der Waals surface area (Å²) in [6, 6.07) is 5.67. The van der Waals surface area contributed by atoms with E-state index in [1.165, 1.54) is 0 Å². The fourth-order valence-corrected chi connectivity index (χ4v) is 5.28. The van der Waals surface area contributed by atoms with Gasteiger partial charge in [-0.3, -0.25) is 4.98 Å². The van der Waals surface area contributed by atoms with Crippen molar-refractivity contribution in [3.63, 3.8) is 0 Å². The molecule has 1 aliphatic carbocycles. The van der Waals surface area contributed by atoms with Crippen LogP contribution in [-0.2, 0) is 4.74 Å². The molecule has 1 aliphatic rings. The van der Waals surface area contributed by atoms with E-state index in [4.69, 9.17) is 21.7 Å². The second-order valence-corrected chi connectivity index (χ2v) is 9.98. The van der Waals surface area contributed by atoms with E-state index in [0.29, 0.717) is 27.6 Å². The summed E-state index contributed by atoms with van der Waals surface area (Å²) in [7, 11) is 1.68. The number of aromatic nitrogens is 1. The first-order valence-electron chi connectivity index (χ1n) is 12.8. The van der Waals surface area contributed by atoms with Gasteiger partial charge < -0.3 is 15.0 Å². The van der Waals surface area contributed by atoms with E-state index in [2.05, 4.69) is 23.7 Å². The summed E-state index contributed by atoms with van der Waals surface area (Å²) >= 11 is 6.38. The Hall–Kier alpha value is -2.08. The predicted molar refractivity (Wildman–Crippen MR) is 145 cm³/mol. The van der Waals surface area contributed by atoms with Crippen LogP contribution in [0.3, 0.4) is 0 Å². The Kier molecular flexibility index (Phi) is 10.0. The number of hydrogen-bond donors (Lipinski definition) is 1. The molecule has 2 aromatic rings. The van der Waals surface area contributed by atoms with Crippen molar-refractivity contribution < 1.29 is 9.13 Å². The number of pyridine rings is 1. The lowest BCUT2D eigenvalue weighted by molar-refractivity contribution is 0.0615. The van der Waals surface area contributed by atoms with Crippen molar-refractivity contribution in [1.82, 2.24) is 9.88 Å². The Labute approximate surface area is 215 Å². The van der Waals surface area contributed by atoms with Gasteiger partial charge in [0, 0.05) is 52.2 Å². The van der Waals surface area contributed by atoms with Crippen molar-refractivity contribution in [3.05, 3.63) is 57.7 Å². The SMILES string of the molecule is CCCN(CCC)CCCCC1C=C(F)c2c(-c3ccc(C)c(Cl)c3)ncc(C(C)=N)c2C1OC. The van der Waals surface area contributed by atoms with Crippen molar-refractivity contribution >= 4 is 23.1 Å². The summed E-state index contributed by atoms with van der Waals surface area (Å²) in [6.07, 6.45) is 8.29. The van der Waals surface area contributed by atoms with Crippen LogP contribution in [0.25, 0.3) is 17.1 Å². The maximum absolute atomic E-state index is 15.8. The van der Waals surface area contributed by atoms with Crippen molar-refractivity contribution in [2.24, 2.45) is 5.92 Å². The molecule has 0 saturated carbocycles. The summed E-state index contributed by atoms with van der Waals surface area (Å²) in [4.78, 5) is 7.10. The summed E-state index contributed by atoms with van der Waals surface area (Å²) < 4.78 is 21.8. The molecule has 1 aromatic heterocycles. The van der Waals surface area contributed by atoms with Gasteiger partial charge in [-0.25, -0.2) is 4.39 Å². The molecule has 35 heavy (non-hydrogen) atoms. The molecule has 0 aliphatic heterocycles. The van der Waals surface area contributed by atoms with E-state index in [0.717, 1.165) is 68.4 Å². The normalized spacial score (nSPS) is 17.4. The highest BCUT2D eigenvalue weighted by atomic mass is 35.5. The Balaban J connectivity index is 1.92. The number of unbranched alkanes of at least 4 members (excludes halogenated alkanes) is 1.